The smallest absolute Gasteiger partial charge is 0.254 e. The molecule has 0 radical (unpaired) electrons. The normalized spacial score (nSPS) is 16.7. The lowest BCUT2D eigenvalue weighted by atomic mass is 10.1. The Balaban J connectivity index is 1.50. The minimum Gasteiger partial charge on any atom is -0.378 e. The summed E-state index contributed by atoms with van der Waals surface area (Å²) in [4.78, 5) is 30.4. The summed E-state index contributed by atoms with van der Waals surface area (Å²) in [6.45, 7) is 8.24. The van der Waals surface area contributed by atoms with Crippen LogP contribution in [0.4, 0.5) is 5.82 Å². The van der Waals surface area contributed by atoms with Crippen LogP contribution in [0.5, 0.6) is 0 Å². The summed E-state index contributed by atoms with van der Waals surface area (Å²) < 4.78 is 5.33. The topological polar surface area (TPSA) is 71.5 Å². The van der Waals surface area contributed by atoms with E-state index in [-0.39, 0.29) is 5.91 Å². The third-order valence-corrected chi connectivity index (χ3v) is 4.91. The number of aromatic nitrogens is 3. The van der Waals surface area contributed by atoms with Gasteiger partial charge in [0.1, 0.15) is 11.6 Å². The molecule has 1 fully saturated rings. The first-order valence-corrected chi connectivity index (χ1v) is 9.52. The molecule has 0 saturated carbocycles. The second-order valence-electron chi connectivity index (χ2n) is 7.52. The van der Waals surface area contributed by atoms with Gasteiger partial charge in [0.15, 0.2) is 0 Å². The number of hydrogen-bond donors (Lipinski definition) is 0. The number of anilines is 1. The predicted molar refractivity (Wildman–Crippen MR) is 101 cm³/mol. The van der Waals surface area contributed by atoms with Gasteiger partial charge in [0, 0.05) is 49.6 Å². The fraction of sp³-hybridized carbons (Fsp3) is 0.500. The van der Waals surface area contributed by atoms with Crippen molar-refractivity contribution in [2.24, 2.45) is 5.92 Å². The second-order valence-corrected chi connectivity index (χ2v) is 7.52. The van der Waals surface area contributed by atoms with Gasteiger partial charge in [0.05, 0.1) is 25.5 Å². The van der Waals surface area contributed by atoms with Crippen molar-refractivity contribution in [1.29, 1.82) is 0 Å². The minimum atomic E-state index is 0.0395. The Bertz CT molecular complexity index is 833. The van der Waals surface area contributed by atoms with Crippen molar-refractivity contribution < 1.29 is 9.53 Å². The summed E-state index contributed by atoms with van der Waals surface area (Å²) in [6.07, 6.45) is 4.53. The Labute approximate surface area is 159 Å². The van der Waals surface area contributed by atoms with Crippen LogP contribution in [0.25, 0.3) is 0 Å². The van der Waals surface area contributed by atoms with E-state index in [1.807, 2.05) is 17.2 Å². The van der Waals surface area contributed by atoms with Gasteiger partial charge in [0.25, 0.3) is 5.91 Å². The maximum atomic E-state index is 12.7. The van der Waals surface area contributed by atoms with Crippen molar-refractivity contribution in [3.63, 3.8) is 0 Å². The third-order valence-electron chi connectivity index (χ3n) is 4.91. The van der Waals surface area contributed by atoms with Crippen molar-refractivity contribution in [1.82, 2.24) is 19.9 Å². The standard InChI is InChI=1S/C20H25N5O2/c1-14(2)9-18-22-11-16-12-25(13-17(16)23-18)19-10-15(3-4-21-19)20(26)24-5-7-27-8-6-24/h3-4,10-11,14H,5-9,12-13H2,1-2H3. The second kappa shape index (κ2) is 7.60. The Morgan fingerprint density at radius 1 is 1.22 bits per heavy atom. The monoisotopic (exact) mass is 367 g/mol. The van der Waals surface area contributed by atoms with E-state index < -0.39 is 0 Å². The van der Waals surface area contributed by atoms with Gasteiger partial charge in [-0.15, -0.1) is 0 Å². The zero-order valence-corrected chi connectivity index (χ0v) is 15.9. The van der Waals surface area contributed by atoms with Gasteiger partial charge in [-0.25, -0.2) is 15.0 Å². The summed E-state index contributed by atoms with van der Waals surface area (Å²) in [5.41, 5.74) is 2.87. The Morgan fingerprint density at radius 3 is 2.81 bits per heavy atom. The molecule has 2 aromatic rings. The molecule has 0 spiro atoms. The van der Waals surface area contributed by atoms with E-state index in [1.54, 1.807) is 12.3 Å². The SMILES string of the molecule is CC(C)Cc1ncc2c(n1)CN(c1cc(C(=O)N3CCOCC3)ccn1)C2. The highest BCUT2D eigenvalue weighted by Crippen LogP contribution is 2.26. The fourth-order valence-corrected chi connectivity index (χ4v) is 3.49. The first kappa shape index (κ1) is 17.9. The molecule has 142 valence electrons. The zero-order chi connectivity index (χ0) is 18.8. The number of amides is 1. The van der Waals surface area contributed by atoms with Gasteiger partial charge in [0.2, 0.25) is 0 Å². The maximum Gasteiger partial charge on any atom is 0.254 e. The first-order valence-electron chi connectivity index (χ1n) is 9.52. The summed E-state index contributed by atoms with van der Waals surface area (Å²) >= 11 is 0. The van der Waals surface area contributed by atoms with E-state index in [1.165, 1.54) is 0 Å². The van der Waals surface area contributed by atoms with Crippen LogP contribution in [0.15, 0.2) is 24.5 Å². The highest BCUT2D eigenvalue weighted by atomic mass is 16.5. The Hall–Kier alpha value is -2.54. The molecule has 1 amide bonds. The lowest BCUT2D eigenvalue weighted by Gasteiger charge is -2.27. The molecule has 0 aliphatic carbocycles. The van der Waals surface area contributed by atoms with E-state index in [0.29, 0.717) is 44.3 Å². The number of nitrogens with zero attached hydrogens (tertiary/aromatic N) is 5. The van der Waals surface area contributed by atoms with E-state index in [4.69, 9.17) is 9.72 Å². The highest BCUT2D eigenvalue weighted by Gasteiger charge is 2.24. The van der Waals surface area contributed by atoms with Crippen LogP contribution in [-0.2, 0) is 24.2 Å². The maximum absolute atomic E-state index is 12.7. The molecule has 7 heteroatoms. The molecule has 1 saturated heterocycles. The van der Waals surface area contributed by atoms with Gasteiger partial charge < -0.3 is 14.5 Å². The quantitative estimate of drug-likeness (QED) is 0.824. The number of ether oxygens (including phenoxy) is 1. The van der Waals surface area contributed by atoms with Gasteiger partial charge >= 0.3 is 0 Å². The fourth-order valence-electron chi connectivity index (χ4n) is 3.49. The number of carbonyl (C=O) groups is 1. The lowest BCUT2D eigenvalue weighted by molar-refractivity contribution is 0.0303. The summed E-state index contributed by atoms with van der Waals surface area (Å²) in [6, 6.07) is 3.66. The number of pyridine rings is 1. The highest BCUT2D eigenvalue weighted by molar-refractivity contribution is 5.95. The Kier molecular flexibility index (Phi) is 5.03. The van der Waals surface area contributed by atoms with Crippen molar-refractivity contribution in [2.45, 2.75) is 33.4 Å². The van der Waals surface area contributed by atoms with Gasteiger partial charge in [-0.3, -0.25) is 4.79 Å². The molecule has 0 unspecified atom stereocenters. The van der Waals surface area contributed by atoms with Crippen LogP contribution in [0, 0.1) is 5.92 Å². The zero-order valence-electron chi connectivity index (χ0n) is 15.9. The van der Waals surface area contributed by atoms with Crippen LogP contribution in [0.3, 0.4) is 0 Å². The average molecular weight is 367 g/mol. The molecule has 2 aliphatic heterocycles. The number of fused-ring (bicyclic) bond motifs is 1. The predicted octanol–water partition coefficient (Wildman–Crippen LogP) is 2.06. The third kappa shape index (κ3) is 3.93. The molecular weight excluding hydrogens is 342 g/mol. The number of morpholine rings is 1. The minimum absolute atomic E-state index is 0.0395. The van der Waals surface area contributed by atoms with Crippen molar-refractivity contribution in [3.05, 3.63) is 47.2 Å². The van der Waals surface area contributed by atoms with E-state index in [2.05, 4.69) is 28.7 Å². The lowest BCUT2D eigenvalue weighted by Crippen LogP contribution is -2.40. The molecule has 4 heterocycles. The summed E-state index contributed by atoms with van der Waals surface area (Å²) in [7, 11) is 0. The Morgan fingerprint density at radius 2 is 2.04 bits per heavy atom. The number of hydrogen-bond acceptors (Lipinski definition) is 6. The van der Waals surface area contributed by atoms with Gasteiger partial charge in [-0.2, -0.15) is 0 Å². The molecule has 0 atom stereocenters. The molecule has 0 N–H and O–H groups in total. The first-order chi connectivity index (χ1) is 13.1. The molecule has 7 nitrogen and oxygen atoms in total. The molecule has 27 heavy (non-hydrogen) atoms. The summed E-state index contributed by atoms with van der Waals surface area (Å²) in [5, 5.41) is 0. The molecule has 2 aliphatic rings. The van der Waals surface area contributed by atoms with Crippen LogP contribution in [0.1, 0.15) is 41.3 Å². The number of carbonyl (C=O) groups excluding carboxylic acids is 1. The van der Waals surface area contributed by atoms with Gasteiger partial charge in [-0.1, -0.05) is 13.8 Å². The molecule has 4 rings (SSSR count). The van der Waals surface area contributed by atoms with Crippen LogP contribution >= 0.6 is 0 Å². The number of rotatable bonds is 4. The van der Waals surface area contributed by atoms with Crippen molar-refractivity contribution in [2.75, 3.05) is 31.2 Å². The molecule has 0 bridgehead atoms. The van der Waals surface area contributed by atoms with Crippen molar-refractivity contribution >= 4 is 11.7 Å². The average Bonchev–Trinajstić information content (AvgIpc) is 3.11. The molecule has 2 aromatic heterocycles. The van der Waals surface area contributed by atoms with Crippen LogP contribution in [0.2, 0.25) is 0 Å². The van der Waals surface area contributed by atoms with Gasteiger partial charge in [-0.05, 0) is 18.1 Å². The molecule has 0 aromatic carbocycles. The van der Waals surface area contributed by atoms with Crippen LogP contribution < -0.4 is 4.90 Å². The largest absolute Gasteiger partial charge is 0.378 e. The van der Waals surface area contributed by atoms with E-state index in [9.17, 15) is 4.79 Å². The van der Waals surface area contributed by atoms with Crippen LogP contribution in [-0.4, -0.2) is 52.1 Å². The summed E-state index contributed by atoms with van der Waals surface area (Å²) in [5.74, 6) is 2.27. The van der Waals surface area contributed by atoms with E-state index in [0.717, 1.165) is 35.9 Å². The van der Waals surface area contributed by atoms with E-state index >= 15 is 0 Å². The van der Waals surface area contributed by atoms with Crippen molar-refractivity contribution in [3.8, 4) is 0 Å². The molecular formula is C20H25N5O2.